The minimum Gasteiger partial charge on any atom is -0.457 e. The van der Waals surface area contributed by atoms with E-state index in [0.717, 1.165) is 5.56 Å². The third kappa shape index (κ3) is 4.22. The quantitative estimate of drug-likeness (QED) is 0.678. The van der Waals surface area contributed by atoms with E-state index in [2.05, 4.69) is 4.99 Å². The van der Waals surface area contributed by atoms with Crippen LogP contribution >= 0.6 is 0 Å². The molecule has 1 aliphatic rings. The van der Waals surface area contributed by atoms with Gasteiger partial charge in [0.05, 0.1) is 6.54 Å². The Morgan fingerprint density at radius 2 is 1.70 bits per heavy atom. The SMILES string of the molecule is CN(C(N)=NCc1ccc(Oc2ccc(F)cc2)cc1)C1CC1. The molecule has 3 rings (SSSR count). The second kappa shape index (κ2) is 6.69. The Balaban J connectivity index is 1.58. The highest BCUT2D eigenvalue weighted by atomic mass is 19.1. The summed E-state index contributed by atoms with van der Waals surface area (Å²) in [5.74, 6) is 1.61. The van der Waals surface area contributed by atoms with E-state index in [-0.39, 0.29) is 5.82 Å². The highest BCUT2D eigenvalue weighted by molar-refractivity contribution is 5.78. The van der Waals surface area contributed by atoms with E-state index in [0.29, 0.717) is 30.0 Å². The van der Waals surface area contributed by atoms with Crippen LogP contribution in [0.25, 0.3) is 0 Å². The zero-order chi connectivity index (χ0) is 16.2. The van der Waals surface area contributed by atoms with Crippen molar-refractivity contribution < 1.29 is 9.13 Å². The first kappa shape index (κ1) is 15.3. The Bertz CT molecular complexity index is 678. The van der Waals surface area contributed by atoms with Gasteiger partial charge in [0.1, 0.15) is 17.3 Å². The third-order valence-electron chi connectivity index (χ3n) is 3.85. The predicted octanol–water partition coefficient (Wildman–Crippen LogP) is 3.53. The Kier molecular flexibility index (Phi) is 4.46. The number of rotatable bonds is 5. The summed E-state index contributed by atoms with van der Waals surface area (Å²) in [5, 5.41) is 0. The topological polar surface area (TPSA) is 50.8 Å². The van der Waals surface area contributed by atoms with Gasteiger partial charge in [-0.3, -0.25) is 0 Å². The lowest BCUT2D eigenvalue weighted by Crippen LogP contribution is -2.35. The summed E-state index contributed by atoms with van der Waals surface area (Å²) in [4.78, 5) is 6.45. The van der Waals surface area contributed by atoms with Gasteiger partial charge in [-0.1, -0.05) is 12.1 Å². The lowest BCUT2D eigenvalue weighted by molar-refractivity contribution is 0.480. The molecule has 1 fully saturated rings. The Morgan fingerprint density at radius 3 is 2.26 bits per heavy atom. The molecule has 0 atom stereocenters. The minimum atomic E-state index is -0.278. The number of hydrogen-bond acceptors (Lipinski definition) is 2. The molecule has 1 saturated carbocycles. The molecule has 0 radical (unpaired) electrons. The summed E-state index contributed by atoms with van der Waals surface area (Å²) in [5.41, 5.74) is 7.03. The number of aliphatic imine (C=N–C) groups is 1. The molecule has 2 N–H and O–H groups in total. The molecule has 23 heavy (non-hydrogen) atoms. The van der Waals surface area contributed by atoms with Gasteiger partial charge in [-0.25, -0.2) is 9.38 Å². The molecule has 0 saturated heterocycles. The van der Waals surface area contributed by atoms with Gasteiger partial charge in [-0.2, -0.15) is 0 Å². The van der Waals surface area contributed by atoms with E-state index < -0.39 is 0 Å². The number of nitrogens with zero attached hydrogens (tertiary/aromatic N) is 2. The molecule has 0 unspecified atom stereocenters. The van der Waals surface area contributed by atoms with Crippen molar-refractivity contribution in [1.82, 2.24) is 4.90 Å². The fourth-order valence-corrected chi connectivity index (χ4v) is 2.23. The standard InChI is InChI=1S/C18H20FN3O/c1-22(15-6-7-15)18(20)21-12-13-2-8-16(9-3-13)23-17-10-4-14(19)5-11-17/h2-5,8-11,15H,6-7,12H2,1H3,(H2,20,21). The molecule has 120 valence electrons. The molecular weight excluding hydrogens is 293 g/mol. The lowest BCUT2D eigenvalue weighted by atomic mass is 10.2. The van der Waals surface area contributed by atoms with Crippen LogP contribution in [0.5, 0.6) is 11.5 Å². The van der Waals surface area contributed by atoms with Crippen LogP contribution in [0, 0.1) is 5.82 Å². The molecule has 0 aliphatic heterocycles. The third-order valence-corrected chi connectivity index (χ3v) is 3.85. The summed E-state index contributed by atoms with van der Waals surface area (Å²) in [6.07, 6.45) is 2.39. The number of hydrogen-bond donors (Lipinski definition) is 1. The van der Waals surface area contributed by atoms with Crippen LogP contribution in [0.15, 0.2) is 53.5 Å². The van der Waals surface area contributed by atoms with Crippen molar-refractivity contribution in [2.45, 2.75) is 25.4 Å². The summed E-state index contributed by atoms with van der Waals surface area (Å²) >= 11 is 0. The van der Waals surface area contributed by atoms with Gasteiger partial charge in [0.15, 0.2) is 5.96 Å². The van der Waals surface area contributed by atoms with E-state index in [4.69, 9.17) is 10.5 Å². The van der Waals surface area contributed by atoms with Crippen molar-refractivity contribution in [3.63, 3.8) is 0 Å². The fourth-order valence-electron chi connectivity index (χ4n) is 2.23. The first-order valence-electron chi connectivity index (χ1n) is 7.67. The molecule has 0 aromatic heterocycles. The zero-order valence-electron chi connectivity index (χ0n) is 13.1. The average molecular weight is 313 g/mol. The van der Waals surface area contributed by atoms with Gasteiger partial charge in [-0.05, 0) is 54.8 Å². The number of ether oxygens (including phenoxy) is 1. The number of benzene rings is 2. The maximum Gasteiger partial charge on any atom is 0.191 e. The van der Waals surface area contributed by atoms with Gasteiger partial charge in [-0.15, -0.1) is 0 Å². The molecule has 2 aromatic rings. The maximum atomic E-state index is 12.9. The molecule has 0 spiro atoms. The zero-order valence-corrected chi connectivity index (χ0v) is 13.1. The fraction of sp³-hybridized carbons (Fsp3) is 0.278. The van der Waals surface area contributed by atoms with E-state index >= 15 is 0 Å². The van der Waals surface area contributed by atoms with E-state index in [1.165, 1.54) is 25.0 Å². The van der Waals surface area contributed by atoms with Gasteiger partial charge in [0.2, 0.25) is 0 Å². The van der Waals surface area contributed by atoms with E-state index in [1.807, 2.05) is 36.2 Å². The van der Waals surface area contributed by atoms with Gasteiger partial charge in [0, 0.05) is 13.1 Å². The number of guanidine groups is 1. The lowest BCUT2D eigenvalue weighted by Gasteiger charge is -2.16. The maximum absolute atomic E-state index is 12.9. The molecule has 0 bridgehead atoms. The van der Waals surface area contributed by atoms with Crippen LogP contribution in [-0.4, -0.2) is 23.9 Å². The van der Waals surface area contributed by atoms with Crippen LogP contribution in [0.3, 0.4) is 0 Å². The van der Waals surface area contributed by atoms with Crippen molar-refractivity contribution in [2.75, 3.05) is 7.05 Å². The van der Waals surface area contributed by atoms with Crippen LogP contribution in [0.1, 0.15) is 18.4 Å². The second-order valence-corrected chi connectivity index (χ2v) is 5.72. The van der Waals surface area contributed by atoms with Crippen LogP contribution in [0.2, 0.25) is 0 Å². The smallest absolute Gasteiger partial charge is 0.191 e. The number of halogens is 1. The summed E-state index contributed by atoms with van der Waals surface area (Å²) in [6, 6.07) is 14.1. The van der Waals surface area contributed by atoms with E-state index in [1.54, 1.807) is 12.1 Å². The molecule has 1 aliphatic carbocycles. The molecule has 2 aromatic carbocycles. The predicted molar refractivity (Wildman–Crippen MR) is 89.0 cm³/mol. The highest BCUT2D eigenvalue weighted by Crippen LogP contribution is 2.25. The molecule has 4 nitrogen and oxygen atoms in total. The highest BCUT2D eigenvalue weighted by Gasteiger charge is 2.27. The van der Waals surface area contributed by atoms with Crippen molar-refractivity contribution >= 4 is 5.96 Å². The Hall–Kier alpha value is -2.56. The molecular formula is C18H20FN3O. The van der Waals surface area contributed by atoms with Crippen LogP contribution < -0.4 is 10.5 Å². The van der Waals surface area contributed by atoms with Gasteiger partial charge in [0.25, 0.3) is 0 Å². The van der Waals surface area contributed by atoms with Crippen LogP contribution in [0.4, 0.5) is 4.39 Å². The monoisotopic (exact) mass is 313 g/mol. The van der Waals surface area contributed by atoms with Crippen molar-refractivity contribution in [1.29, 1.82) is 0 Å². The average Bonchev–Trinajstić information content (AvgIpc) is 3.40. The summed E-state index contributed by atoms with van der Waals surface area (Å²) in [6.45, 7) is 0.541. The van der Waals surface area contributed by atoms with Crippen molar-refractivity contribution in [3.05, 3.63) is 59.9 Å². The van der Waals surface area contributed by atoms with E-state index in [9.17, 15) is 4.39 Å². The molecule has 0 heterocycles. The van der Waals surface area contributed by atoms with Crippen LogP contribution in [-0.2, 0) is 6.54 Å². The molecule has 0 amide bonds. The van der Waals surface area contributed by atoms with Gasteiger partial charge < -0.3 is 15.4 Å². The van der Waals surface area contributed by atoms with Crippen molar-refractivity contribution in [3.8, 4) is 11.5 Å². The summed E-state index contributed by atoms with van der Waals surface area (Å²) in [7, 11) is 1.98. The van der Waals surface area contributed by atoms with Crippen molar-refractivity contribution in [2.24, 2.45) is 10.7 Å². The molecule has 5 heteroatoms. The summed E-state index contributed by atoms with van der Waals surface area (Å²) < 4.78 is 18.5. The first-order chi connectivity index (χ1) is 11.1. The Morgan fingerprint density at radius 1 is 1.13 bits per heavy atom. The largest absolute Gasteiger partial charge is 0.457 e. The second-order valence-electron chi connectivity index (χ2n) is 5.72. The minimum absolute atomic E-state index is 0.278. The van der Waals surface area contributed by atoms with Gasteiger partial charge >= 0.3 is 0 Å². The normalized spacial score (nSPS) is 14.6. The first-order valence-corrected chi connectivity index (χ1v) is 7.67. The number of nitrogens with two attached hydrogens (primary N) is 1. The Labute approximate surface area is 135 Å².